The van der Waals surface area contributed by atoms with Crippen LogP contribution in [-0.4, -0.2) is 83.0 Å². The largest absolute Gasteiger partial charge is 0.395 e. The van der Waals surface area contributed by atoms with Crippen molar-refractivity contribution in [3.8, 4) is 0 Å². The number of halogens is 1. The summed E-state index contributed by atoms with van der Waals surface area (Å²) in [5, 5.41) is 14.2. The number of aromatic nitrogens is 1. The third kappa shape index (κ3) is 4.07. The predicted molar refractivity (Wildman–Crippen MR) is 121 cm³/mol. The number of carbonyl (C=O) groups excluding carboxylic acids is 2. The molecule has 5 rings (SSSR count). The number of amides is 3. The number of nitrogens with zero attached hydrogens (tertiary/aromatic N) is 3. The molecule has 1 aromatic carbocycles. The van der Waals surface area contributed by atoms with E-state index in [0.29, 0.717) is 43.7 Å². The minimum absolute atomic E-state index is 0.00514. The second-order valence-electron chi connectivity index (χ2n) is 8.96. The Hall–Kier alpha value is -2.29. The summed E-state index contributed by atoms with van der Waals surface area (Å²) in [6.07, 6.45) is 4.66. The molecule has 4 heterocycles. The van der Waals surface area contributed by atoms with Crippen molar-refractivity contribution < 1.29 is 19.4 Å². The van der Waals surface area contributed by atoms with Gasteiger partial charge in [-0.1, -0.05) is 11.6 Å². The lowest BCUT2D eigenvalue weighted by Gasteiger charge is -2.43. The number of hydrogen-bond donors (Lipinski definition) is 2. The van der Waals surface area contributed by atoms with Crippen LogP contribution in [0.2, 0.25) is 5.02 Å². The number of likely N-dealkylation sites (tertiary alicyclic amines) is 2. The van der Waals surface area contributed by atoms with E-state index in [1.807, 2.05) is 28.0 Å². The highest BCUT2D eigenvalue weighted by Gasteiger charge is 2.38. The number of hydrogen-bond acceptors (Lipinski definition) is 4. The maximum absolute atomic E-state index is 13.1. The van der Waals surface area contributed by atoms with Crippen molar-refractivity contribution in [2.75, 3.05) is 39.4 Å². The first-order chi connectivity index (χ1) is 15.5. The monoisotopic (exact) mass is 460 g/mol. The van der Waals surface area contributed by atoms with E-state index in [1.54, 1.807) is 0 Å². The van der Waals surface area contributed by atoms with Gasteiger partial charge in [-0.2, -0.15) is 0 Å². The van der Waals surface area contributed by atoms with E-state index in [4.69, 9.17) is 16.3 Å². The summed E-state index contributed by atoms with van der Waals surface area (Å²) < 4.78 is 7.69. The fourth-order valence-electron chi connectivity index (χ4n) is 5.37. The first kappa shape index (κ1) is 21.6. The summed E-state index contributed by atoms with van der Waals surface area (Å²) in [6.45, 7) is 3.30. The van der Waals surface area contributed by atoms with Crippen LogP contribution in [0.5, 0.6) is 0 Å². The van der Waals surface area contributed by atoms with Gasteiger partial charge in [0.1, 0.15) is 6.61 Å². The minimum Gasteiger partial charge on any atom is -0.395 e. The highest BCUT2D eigenvalue weighted by Crippen LogP contribution is 2.36. The number of aliphatic hydroxyl groups is 1. The van der Waals surface area contributed by atoms with Gasteiger partial charge in [-0.25, -0.2) is 4.79 Å². The van der Waals surface area contributed by atoms with Crippen LogP contribution >= 0.6 is 11.6 Å². The minimum atomic E-state index is -0.117. The van der Waals surface area contributed by atoms with E-state index in [0.717, 1.165) is 30.2 Å². The van der Waals surface area contributed by atoms with E-state index >= 15 is 0 Å². The molecule has 0 radical (unpaired) electrons. The van der Waals surface area contributed by atoms with Gasteiger partial charge in [-0.15, -0.1) is 0 Å². The second-order valence-corrected chi connectivity index (χ2v) is 9.40. The van der Waals surface area contributed by atoms with Gasteiger partial charge in [0, 0.05) is 54.8 Å². The fraction of sp³-hybridized carbons (Fsp3) is 0.565. The number of aliphatic hydroxyl groups excluding tert-OH is 1. The zero-order valence-corrected chi connectivity index (χ0v) is 18.8. The summed E-state index contributed by atoms with van der Waals surface area (Å²) in [5.74, 6) is 0.235. The van der Waals surface area contributed by atoms with E-state index < -0.39 is 0 Å². The molecular weight excluding hydrogens is 432 g/mol. The Morgan fingerprint density at radius 3 is 2.75 bits per heavy atom. The molecule has 0 aliphatic carbocycles. The molecule has 3 aliphatic rings. The molecule has 0 saturated carbocycles. The number of morpholine rings is 1. The molecular formula is C23H29ClN4O4. The average Bonchev–Trinajstić information content (AvgIpc) is 3.16. The molecule has 0 unspecified atom stereocenters. The SMILES string of the molecule is O=C1CO[C@H]2CCN(C(=O)N3CCC(c4cn(CCO)c5ccc(Cl)cc45)CC3)C[C@H]2N1. The summed E-state index contributed by atoms with van der Waals surface area (Å²) in [6, 6.07) is 5.82. The molecule has 3 aliphatic heterocycles. The molecule has 9 heteroatoms. The number of fused-ring (bicyclic) bond motifs is 2. The molecule has 172 valence electrons. The summed E-state index contributed by atoms with van der Waals surface area (Å²) in [5.41, 5.74) is 2.32. The smallest absolute Gasteiger partial charge is 0.320 e. The summed E-state index contributed by atoms with van der Waals surface area (Å²) in [7, 11) is 0. The lowest BCUT2D eigenvalue weighted by Crippen LogP contribution is -2.62. The lowest BCUT2D eigenvalue weighted by molar-refractivity contribution is -0.139. The van der Waals surface area contributed by atoms with Crippen LogP contribution in [0, 0.1) is 0 Å². The zero-order valence-electron chi connectivity index (χ0n) is 18.0. The van der Waals surface area contributed by atoms with Crippen molar-refractivity contribution >= 4 is 34.4 Å². The first-order valence-corrected chi connectivity index (χ1v) is 11.7. The summed E-state index contributed by atoms with van der Waals surface area (Å²) in [4.78, 5) is 28.6. The average molecular weight is 461 g/mol. The molecule has 2 aromatic rings. The van der Waals surface area contributed by atoms with Gasteiger partial charge in [0.05, 0.1) is 18.8 Å². The van der Waals surface area contributed by atoms with Crippen LogP contribution in [0.3, 0.4) is 0 Å². The number of ether oxygens (including phenoxy) is 1. The number of benzene rings is 1. The summed E-state index contributed by atoms with van der Waals surface area (Å²) >= 11 is 6.27. The van der Waals surface area contributed by atoms with Gasteiger partial charge in [-0.05, 0) is 48.9 Å². The van der Waals surface area contributed by atoms with Crippen molar-refractivity contribution in [2.24, 2.45) is 0 Å². The molecule has 8 nitrogen and oxygen atoms in total. The van der Waals surface area contributed by atoms with Gasteiger partial charge in [0.15, 0.2) is 0 Å². The quantitative estimate of drug-likeness (QED) is 0.735. The zero-order chi connectivity index (χ0) is 22.2. The van der Waals surface area contributed by atoms with Crippen LogP contribution in [0.25, 0.3) is 10.9 Å². The maximum atomic E-state index is 13.1. The second kappa shape index (κ2) is 8.92. The molecule has 3 saturated heterocycles. The van der Waals surface area contributed by atoms with E-state index in [-0.39, 0.29) is 37.3 Å². The molecule has 1 aromatic heterocycles. The number of nitrogens with one attached hydrogen (secondary N) is 1. The molecule has 0 spiro atoms. The van der Waals surface area contributed by atoms with Gasteiger partial charge < -0.3 is 29.5 Å². The van der Waals surface area contributed by atoms with Gasteiger partial charge >= 0.3 is 6.03 Å². The van der Waals surface area contributed by atoms with Crippen molar-refractivity contribution in [3.05, 3.63) is 35.0 Å². The Labute approximate surface area is 192 Å². The lowest BCUT2D eigenvalue weighted by atomic mass is 9.89. The van der Waals surface area contributed by atoms with E-state index in [2.05, 4.69) is 16.1 Å². The van der Waals surface area contributed by atoms with Crippen LogP contribution in [0.15, 0.2) is 24.4 Å². The molecule has 2 N–H and O–H groups in total. The predicted octanol–water partition coefficient (Wildman–Crippen LogP) is 2.18. The Morgan fingerprint density at radius 2 is 1.97 bits per heavy atom. The highest BCUT2D eigenvalue weighted by atomic mass is 35.5. The van der Waals surface area contributed by atoms with Crippen molar-refractivity contribution in [2.45, 2.75) is 43.9 Å². The third-order valence-corrected chi connectivity index (χ3v) is 7.25. The normalized spacial score (nSPS) is 24.5. The van der Waals surface area contributed by atoms with Crippen LogP contribution < -0.4 is 5.32 Å². The maximum Gasteiger partial charge on any atom is 0.320 e. The fourth-order valence-corrected chi connectivity index (χ4v) is 5.54. The van der Waals surface area contributed by atoms with Crippen molar-refractivity contribution in [1.82, 2.24) is 19.7 Å². The number of piperidine rings is 2. The highest BCUT2D eigenvalue weighted by molar-refractivity contribution is 6.31. The Morgan fingerprint density at radius 1 is 1.19 bits per heavy atom. The first-order valence-electron chi connectivity index (χ1n) is 11.4. The molecule has 2 atom stereocenters. The standard InChI is InChI=1S/C23H29ClN4O4/c24-16-1-2-20-17(11-16)18(12-27(20)9-10-29)15-3-6-26(7-4-15)23(31)28-8-5-21-19(13-28)25-22(30)14-32-21/h1-2,11-12,15,19,21,29H,3-10,13-14H2,(H,25,30)/t19-,21+/m1/s1. The molecule has 32 heavy (non-hydrogen) atoms. The van der Waals surface area contributed by atoms with Crippen molar-refractivity contribution in [3.63, 3.8) is 0 Å². The number of carbonyl (C=O) groups is 2. The third-order valence-electron chi connectivity index (χ3n) is 7.01. The van der Waals surface area contributed by atoms with Gasteiger partial charge in [0.25, 0.3) is 0 Å². The Kier molecular flexibility index (Phi) is 6.01. The Balaban J connectivity index is 1.25. The molecule has 0 bridgehead atoms. The van der Waals surface area contributed by atoms with Gasteiger partial charge in [0.2, 0.25) is 5.91 Å². The number of urea groups is 1. The topological polar surface area (TPSA) is 87.0 Å². The number of rotatable bonds is 3. The van der Waals surface area contributed by atoms with Crippen LogP contribution in [-0.2, 0) is 16.1 Å². The van der Waals surface area contributed by atoms with Crippen LogP contribution in [0.1, 0.15) is 30.7 Å². The Bertz CT molecular complexity index is 1020. The van der Waals surface area contributed by atoms with E-state index in [1.165, 1.54) is 5.56 Å². The van der Waals surface area contributed by atoms with Crippen molar-refractivity contribution in [1.29, 1.82) is 0 Å². The van der Waals surface area contributed by atoms with E-state index in [9.17, 15) is 14.7 Å². The van der Waals surface area contributed by atoms with Gasteiger partial charge in [-0.3, -0.25) is 4.79 Å². The van der Waals surface area contributed by atoms with Crippen LogP contribution in [0.4, 0.5) is 4.79 Å². The molecule has 3 fully saturated rings. The molecule has 3 amide bonds.